The molecule has 0 aliphatic heterocycles. The Balaban J connectivity index is 4.56. The summed E-state index contributed by atoms with van der Waals surface area (Å²) >= 11 is 0. The number of carbonyl (C=O) groups excluding carboxylic acids is 1. The van der Waals surface area contributed by atoms with Crippen LogP contribution in [0.15, 0.2) is 11.8 Å². The molecule has 6 heteroatoms. The minimum absolute atomic E-state index is 0.114. The van der Waals surface area contributed by atoms with Gasteiger partial charge in [-0.25, -0.2) is 4.79 Å². The van der Waals surface area contributed by atoms with E-state index in [2.05, 4.69) is 6.58 Å². The summed E-state index contributed by atoms with van der Waals surface area (Å²) in [5.74, 6) is -0.533. The smallest absolute Gasteiger partial charge is 0.462 e. The lowest BCUT2D eigenvalue weighted by Crippen LogP contribution is -2.48. The molecule has 0 N–H and O–H groups in total. The average Bonchev–Trinajstić information content (AvgIpc) is 2.28. The molecule has 0 rings (SSSR count). The zero-order valence-corrected chi connectivity index (χ0v) is 10.7. The first kappa shape index (κ1) is 14.3. The van der Waals surface area contributed by atoms with Crippen molar-refractivity contribution in [3.8, 4) is 0 Å². The van der Waals surface area contributed by atoms with E-state index in [1.165, 1.54) is 21.3 Å². The lowest BCUT2D eigenvalue weighted by atomic mass is 10.5. The van der Waals surface area contributed by atoms with Crippen LogP contribution in [0.4, 0.5) is 0 Å². The first-order valence-electron chi connectivity index (χ1n) is 4.59. The molecule has 0 radical (unpaired) electrons. The van der Waals surface area contributed by atoms with E-state index in [1.54, 1.807) is 0 Å². The van der Waals surface area contributed by atoms with Gasteiger partial charge in [-0.1, -0.05) is 13.5 Å². The Morgan fingerprint density at radius 2 is 1.67 bits per heavy atom. The van der Waals surface area contributed by atoms with Gasteiger partial charge in [0.1, 0.15) is 5.20 Å². The summed E-state index contributed by atoms with van der Waals surface area (Å²) < 4.78 is 20.2. The van der Waals surface area contributed by atoms with Gasteiger partial charge in [0.25, 0.3) is 0 Å². The SMILES string of the molecule is C=C(C(=O)OCCC)[Si](OC)(OC)OC. The van der Waals surface area contributed by atoms with E-state index >= 15 is 0 Å². The van der Waals surface area contributed by atoms with E-state index in [0.29, 0.717) is 6.61 Å². The number of esters is 1. The number of hydrogen-bond acceptors (Lipinski definition) is 5. The monoisotopic (exact) mass is 234 g/mol. The van der Waals surface area contributed by atoms with Crippen molar-refractivity contribution in [2.24, 2.45) is 0 Å². The van der Waals surface area contributed by atoms with Crippen molar-refractivity contribution in [3.05, 3.63) is 11.8 Å². The quantitative estimate of drug-likeness (QED) is 0.372. The molecule has 0 bridgehead atoms. The molecule has 88 valence electrons. The number of ether oxygens (including phenoxy) is 1. The minimum Gasteiger partial charge on any atom is -0.462 e. The van der Waals surface area contributed by atoms with Crippen LogP contribution in [0.5, 0.6) is 0 Å². The second-order valence-electron chi connectivity index (χ2n) is 2.78. The molecule has 0 aromatic heterocycles. The normalized spacial score (nSPS) is 11.2. The van der Waals surface area contributed by atoms with Crippen LogP contribution < -0.4 is 0 Å². The molecule has 15 heavy (non-hydrogen) atoms. The Hall–Kier alpha value is -0.693. The van der Waals surface area contributed by atoms with Crippen LogP contribution in [-0.2, 0) is 22.8 Å². The highest BCUT2D eigenvalue weighted by atomic mass is 28.4. The van der Waals surface area contributed by atoms with Gasteiger partial charge in [-0.2, -0.15) is 0 Å². The van der Waals surface area contributed by atoms with Gasteiger partial charge in [0.05, 0.1) is 6.61 Å². The molecule has 0 heterocycles. The standard InChI is InChI=1S/C9H18O5Si/c1-6-7-14-9(10)8(2)15(11-3,12-4)13-5/h2,6-7H2,1,3-5H3. The third-order valence-electron chi connectivity index (χ3n) is 1.86. The molecule has 0 fully saturated rings. The first-order chi connectivity index (χ1) is 7.07. The molecule has 0 atom stereocenters. The van der Waals surface area contributed by atoms with Crippen LogP contribution in [0.1, 0.15) is 13.3 Å². The number of hydrogen-bond donors (Lipinski definition) is 0. The molecule has 0 aromatic carbocycles. The van der Waals surface area contributed by atoms with Crippen LogP contribution in [-0.4, -0.2) is 42.7 Å². The van der Waals surface area contributed by atoms with Gasteiger partial charge in [0.2, 0.25) is 0 Å². The topological polar surface area (TPSA) is 54.0 Å². The second kappa shape index (κ2) is 6.73. The lowest BCUT2D eigenvalue weighted by Gasteiger charge is -2.24. The Morgan fingerprint density at radius 1 is 1.20 bits per heavy atom. The Labute approximate surface area is 91.3 Å². The summed E-state index contributed by atoms with van der Waals surface area (Å²) in [6.45, 7) is 5.86. The van der Waals surface area contributed by atoms with Gasteiger partial charge < -0.3 is 18.0 Å². The summed E-state index contributed by atoms with van der Waals surface area (Å²) in [5, 5.41) is 0.114. The predicted octanol–water partition coefficient (Wildman–Crippen LogP) is 0.913. The van der Waals surface area contributed by atoms with E-state index in [0.717, 1.165) is 6.42 Å². The molecule has 0 saturated carbocycles. The Bertz CT molecular complexity index is 216. The molecular formula is C9H18O5Si. The highest BCUT2D eigenvalue weighted by Gasteiger charge is 2.46. The van der Waals surface area contributed by atoms with Crippen molar-refractivity contribution in [1.82, 2.24) is 0 Å². The molecular weight excluding hydrogens is 216 g/mol. The fourth-order valence-corrected chi connectivity index (χ4v) is 2.59. The van der Waals surface area contributed by atoms with Crippen molar-refractivity contribution < 1.29 is 22.8 Å². The summed E-state index contributed by atoms with van der Waals surface area (Å²) in [7, 11) is 1.14. The molecule has 0 unspecified atom stereocenters. The fraction of sp³-hybridized carbons (Fsp3) is 0.667. The maximum absolute atomic E-state index is 11.5. The summed E-state index contributed by atoms with van der Waals surface area (Å²) in [6.07, 6.45) is 0.751. The van der Waals surface area contributed by atoms with Crippen LogP contribution in [0.25, 0.3) is 0 Å². The van der Waals surface area contributed by atoms with E-state index in [-0.39, 0.29) is 5.20 Å². The lowest BCUT2D eigenvalue weighted by molar-refractivity contribution is -0.138. The minimum atomic E-state index is -3.10. The van der Waals surface area contributed by atoms with Crippen molar-refractivity contribution in [3.63, 3.8) is 0 Å². The fourth-order valence-electron chi connectivity index (χ4n) is 1.03. The zero-order valence-electron chi connectivity index (χ0n) is 9.66. The van der Waals surface area contributed by atoms with Crippen molar-refractivity contribution >= 4 is 14.8 Å². The molecule has 0 aliphatic rings. The maximum atomic E-state index is 11.5. The molecule has 0 amide bonds. The summed E-state index contributed by atoms with van der Waals surface area (Å²) in [5.41, 5.74) is 0. The van der Waals surface area contributed by atoms with E-state index in [1.807, 2.05) is 6.92 Å². The van der Waals surface area contributed by atoms with E-state index in [4.69, 9.17) is 18.0 Å². The maximum Gasteiger partial charge on any atom is 0.543 e. The van der Waals surface area contributed by atoms with E-state index < -0.39 is 14.8 Å². The van der Waals surface area contributed by atoms with Gasteiger partial charge in [-0.05, 0) is 6.42 Å². The summed E-state index contributed by atoms with van der Waals surface area (Å²) in [4.78, 5) is 11.5. The van der Waals surface area contributed by atoms with Crippen LogP contribution >= 0.6 is 0 Å². The number of carbonyl (C=O) groups is 1. The van der Waals surface area contributed by atoms with Gasteiger partial charge in [-0.15, -0.1) is 0 Å². The largest absolute Gasteiger partial charge is 0.543 e. The van der Waals surface area contributed by atoms with Gasteiger partial charge >= 0.3 is 14.8 Å². The zero-order chi connectivity index (χ0) is 11.9. The van der Waals surface area contributed by atoms with Gasteiger partial charge in [-0.3, -0.25) is 0 Å². The van der Waals surface area contributed by atoms with Crippen LogP contribution in [0.3, 0.4) is 0 Å². The third kappa shape index (κ3) is 3.42. The first-order valence-corrected chi connectivity index (χ1v) is 6.32. The molecule has 0 aromatic rings. The Kier molecular flexibility index (Phi) is 6.42. The highest BCUT2D eigenvalue weighted by Crippen LogP contribution is 2.17. The molecule has 0 spiro atoms. The third-order valence-corrected chi connectivity index (χ3v) is 4.42. The second-order valence-corrected chi connectivity index (χ2v) is 5.72. The van der Waals surface area contributed by atoms with E-state index in [9.17, 15) is 4.79 Å². The Morgan fingerprint density at radius 3 is 2.00 bits per heavy atom. The van der Waals surface area contributed by atoms with Gasteiger partial charge in [0, 0.05) is 21.3 Å². The van der Waals surface area contributed by atoms with Gasteiger partial charge in [0.15, 0.2) is 0 Å². The van der Waals surface area contributed by atoms with Crippen molar-refractivity contribution in [1.29, 1.82) is 0 Å². The van der Waals surface area contributed by atoms with Crippen LogP contribution in [0, 0.1) is 0 Å². The molecule has 5 nitrogen and oxygen atoms in total. The number of rotatable bonds is 7. The van der Waals surface area contributed by atoms with Crippen molar-refractivity contribution in [2.75, 3.05) is 27.9 Å². The highest BCUT2D eigenvalue weighted by molar-refractivity contribution is 6.73. The van der Waals surface area contributed by atoms with Crippen molar-refractivity contribution in [2.45, 2.75) is 13.3 Å². The molecule has 0 aliphatic carbocycles. The average molecular weight is 234 g/mol. The molecule has 0 saturated heterocycles. The predicted molar refractivity (Wildman–Crippen MR) is 57.2 cm³/mol. The summed E-state index contributed by atoms with van der Waals surface area (Å²) in [6, 6.07) is 0. The van der Waals surface area contributed by atoms with Crippen LogP contribution in [0.2, 0.25) is 0 Å².